The maximum Gasteiger partial charge on any atom is 0.176 e. The first-order valence-electron chi connectivity index (χ1n) is 7.73. The molecule has 0 radical (unpaired) electrons. The van der Waals surface area contributed by atoms with Crippen molar-refractivity contribution in [3.05, 3.63) is 21.4 Å². The number of aryl methyl sites for hydroxylation is 2. The number of hydrogen-bond donors (Lipinski definition) is 0. The van der Waals surface area contributed by atoms with Crippen molar-refractivity contribution in [3.8, 4) is 0 Å². The van der Waals surface area contributed by atoms with Crippen LogP contribution in [0.4, 0.5) is 0 Å². The van der Waals surface area contributed by atoms with E-state index in [2.05, 4.69) is 19.9 Å². The largest absolute Gasteiger partial charge is 0.293 e. The van der Waals surface area contributed by atoms with Crippen LogP contribution in [0.15, 0.2) is 6.07 Å². The lowest BCUT2D eigenvalue weighted by atomic mass is 9.51. The Hall–Kier alpha value is -0.630. The SMILES string of the molecule is Cc1cc(C)c(C(=O)C2C3CC4CC(C3)CC2C4)s1. The molecule has 19 heavy (non-hydrogen) atoms. The van der Waals surface area contributed by atoms with Gasteiger partial charge in [-0.3, -0.25) is 4.79 Å². The van der Waals surface area contributed by atoms with Gasteiger partial charge in [-0.05, 0) is 81.3 Å². The van der Waals surface area contributed by atoms with Gasteiger partial charge < -0.3 is 0 Å². The Kier molecular flexibility index (Phi) is 2.67. The van der Waals surface area contributed by atoms with Crippen LogP contribution in [0.5, 0.6) is 0 Å². The summed E-state index contributed by atoms with van der Waals surface area (Å²) in [6.07, 6.45) is 6.82. The van der Waals surface area contributed by atoms with Crippen molar-refractivity contribution in [1.29, 1.82) is 0 Å². The van der Waals surface area contributed by atoms with E-state index >= 15 is 0 Å². The fourth-order valence-corrected chi connectivity index (χ4v) is 6.40. The third-order valence-corrected chi connectivity index (χ3v) is 6.96. The van der Waals surface area contributed by atoms with Crippen molar-refractivity contribution in [1.82, 2.24) is 0 Å². The highest BCUT2D eigenvalue weighted by molar-refractivity contribution is 7.14. The Bertz CT molecular complexity index is 499. The molecule has 0 amide bonds. The highest BCUT2D eigenvalue weighted by Gasteiger charge is 2.51. The molecule has 0 N–H and O–H groups in total. The van der Waals surface area contributed by atoms with E-state index in [-0.39, 0.29) is 0 Å². The summed E-state index contributed by atoms with van der Waals surface area (Å²) in [4.78, 5) is 15.3. The Morgan fingerprint density at radius 3 is 2.11 bits per heavy atom. The molecule has 4 fully saturated rings. The van der Waals surface area contributed by atoms with Crippen molar-refractivity contribution < 1.29 is 4.79 Å². The molecule has 0 spiro atoms. The number of Topliss-reactive ketones (excluding diaryl/α,β-unsaturated/α-hetero) is 1. The third kappa shape index (κ3) is 1.83. The summed E-state index contributed by atoms with van der Waals surface area (Å²) in [7, 11) is 0. The minimum atomic E-state index is 0.365. The molecule has 4 aliphatic rings. The normalized spacial score (nSPS) is 39.8. The number of thiophene rings is 1. The summed E-state index contributed by atoms with van der Waals surface area (Å²) in [6.45, 7) is 4.22. The molecule has 4 aliphatic carbocycles. The lowest BCUT2D eigenvalue weighted by molar-refractivity contribution is -0.0249. The third-order valence-electron chi connectivity index (χ3n) is 5.79. The summed E-state index contributed by atoms with van der Waals surface area (Å²) < 4.78 is 0. The molecule has 0 atom stereocenters. The number of hydrogen-bond acceptors (Lipinski definition) is 2. The molecule has 1 aromatic heterocycles. The molecule has 1 nitrogen and oxygen atoms in total. The van der Waals surface area contributed by atoms with Gasteiger partial charge in [0.2, 0.25) is 0 Å². The minimum absolute atomic E-state index is 0.365. The molecule has 2 heteroatoms. The molecule has 4 saturated carbocycles. The highest BCUT2D eigenvalue weighted by Crippen LogP contribution is 2.57. The zero-order valence-corrected chi connectivity index (χ0v) is 12.6. The van der Waals surface area contributed by atoms with E-state index in [1.165, 1.54) is 42.5 Å². The average molecular weight is 274 g/mol. The van der Waals surface area contributed by atoms with E-state index in [0.29, 0.717) is 23.5 Å². The van der Waals surface area contributed by atoms with Crippen LogP contribution in [0.1, 0.15) is 52.2 Å². The van der Waals surface area contributed by atoms with Crippen LogP contribution in [-0.4, -0.2) is 5.78 Å². The van der Waals surface area contributed by atoms with Crippen LogP contribution in [0.25, 0.3) is 0 Å². The quantitative estimate of drug-likeness (QED) is 0.719. The van der Waals surface area contributed by atoms with Crippen molar-refractivity contribution in [2.75, 3.05) is 0 Å². The van der Waals surface area contributed by atoms with Crippen molar-refractivity contribution in [2.45, 2.75) is 46.0 Å². The summed E-state index contributed by atoms with van der Waals surface area (Å²) in [5.74, 6) is 4.19. The number of carbonyl (C=O) groups is 1. The van der Waals surface area contributed by atoms with E-state index in [9.17, 15) is 4.79 Å². The Labute approximate surface area is 119 Å². The van der Waals surface area contributed by atoms with Gasteiger partial charge in [0.15, 0.2) is 5.78 Å². The maximum atomic E-state index is 13.0. The summed E-state index contributed by atoms with van der Waals surface area (Å²) in [6, 6.07) is 2.17. The molecule has 1 aromatic rings. The molecular weight excluding hydrogens is 252 g/mol. The lowest BCUT2D eigenvalue weighted by Crippen LogP contribution is -2.47. The second kappa shape index (κ2) is 4.18. The Balaban J connectivity index is 1.65. The zero-order chi connectivity index (χ0) is 13.1. The second-order valence-electron chi connectivity index (χ2n) is 7.19. The first kappa shape index (κ1) is 12.1. The molecule has 4 bridgehead atoms. The van der Waals surface area contributed by atoms with Gasteiger partial charge in [-0.15, -0.1) is 11.3 Å². The summed E-state index contributed by atoms with van der Waals surface area (Å²) >= 11 is 1.72. The Morgan fingerprint density at radius 1 is 1.05 bits per heavy atom. The predicted molar refractivity (Wildman–Crippen MR) is 78.7 cm³/mol. The molecule has 102 valence electrons. The van der Waals surface area contributed by atoms with E-state index in [1.54, 1.807) is 11.3 Å². The fraction of sp³-hybridized carbons (Fsp3) is 0.706. The van der Waals surface area contributed by atoms with Crippen LogP contribution < -0.4 is 0 Å². The molecule has 0 aromatic carbocycles. The smallest absolute Gasteiger partial charge is 0.176 e. The van der Waals surface area contributed by atoms with Crippen LogP contribution in [0.3, 0.4) is 0 Å². The van der Waals surface area contributed by atoms with Crippen LogP contribution in [-0.2, 0) is 0 Å². The lowest BCUT2D eigenvalue weighted by Gasteiger charge is -2.53. The molecule has 0 saturated heterocycles. The van der Waals surface area contributed by atoms with Gasteiger partial charge in [0.25, 0.3) is 0 Å². The number of carbonyl (C=O) groups excluding carboxylic acids is 1. The number of ketones is 1. The average Bonchev–Trinajstić information content (AvgIpc) is 2.66. The van der Waals surface area contributed by atoms with Gasteiger partial charge in [0.1, 0.15) is 0 Å². The van der Waals surface area contributed by atoms with Gasteiger partial charge in [-0.1, -0.05) is 0 Å². The standard InChI is InChI=1S/C17H22OS/c1-9-3-10(2)19-17(9)16(18)15-13-5-11-4-12(7-13)8-14(15)6-11/h3,11-15H,4-8H2,1-2H3. The van der Waals surface area contributed by atoms with Crippen molar-refractivity contribution in [2.24, 2.45) is 29.6 Å². The van der Waals surface area contributed by atoms with E-state index in [1.807, 2.05) is 0 Å². The number of rotatable bonds is 2. The topological polar surface area (TPSA) is 17.1 Å². The first-order chi connectivity index (χ1) is 9.11. The highest BCUT2D eigenvalue weighted by atomic mass is 32.1. The minimum Gasteiger partial charge on any atom is -0.293 e. The van der Waals surface area contributed by atoms with Crippen LogP contribution in [0, 0.1) is 43.4 Å². The molecular formula is C17H22OS. The van der Waals surface area contributed by atoms with Crippen molar-refractivity contribution >= 4 is 17.1 Å². The summed E-state index contributed by atoms with van der Waals surface area (Å²) in [5, 5.41) is 0. The van der Waals surface area contributed by atoms with E-state index in [4.69, 9.17) is 0 Å². The van der Waals surface area contributed by atoms with Gasteiger partial charge in [0.05, 0.1) is 4.88 Å². The van der Waals surface area contributed by atoms with Crippen LogP contribution in [0.2, 0.25) is 0 Å². The van der Waals surface area contributed by atoms with Crippen molar-refractivity contribution in [3.63, 3.8) is 0 Å². The van der Waals surface area contributed by atoms with Gasteiger partial charge >= 0.3 is 0 Å². The maximum absolute atomic E-state index is 13.0. The summed E-state index contributed by atoms with van der Waals surface area (Å²) in [5.41, 5.74) is 1.21. The first-order valence-corrected chi connectivity index (χ1v) is 8.54. The van der Waals surface area contributed by atoms with E-state index in [0.717, 1.165) is 16.7 Å². The van der Waals surface area contributed by atoms with Gasteiger partial charge in [-0.25, -0.2) is 0 Å². The fourth-order valence-electron chi connectivity index (χ4n) is 5.39. The molecule has 5 rings (SSSR count). The van der Waals surface area contributed by atoms with Crippen LogP contribution >= 0.6 is 11.3 Å². The molecule has 1 heterocycles. The Morgan fingerprint density at radius 2 is 1.63 bits per heavy atom. The van der Waals surface area contributed by atoms with Gasteiger partial charge in [0, 0.05) is 10.8 Å². The molecule has 0 unspecified atom stereocenters. The zero-order valence-electron chi connectivity index (χ0n) is 11.8. The van der Waals surface area contributed by atoms with Gasteiger partial charge in [-0.2, -0.15) is 0 Å². The predicted octanol–water partition coefficient (Wildman–Crippen LogP) is 4.62. The second-order valence-corrected chi connectivity index (χ2v) is 8.45. The monoisotopic (exact) mass is 274 g/mol. The van der Waals surface area contributed by atoms with E-state index < -0.39 is 0 Å². The molecule has 0 aliphatic heterocycles.